The summed E-state index contributed by atoms with van der Waals surface area (Å²) in [4.78, 5) is 18.8. The van der Waals surface area contributed by atoms with Crippen LogP contribution in [0.2, 0.25) is 0 Å². The Labute approximate surface area is 142 Å². The molecule has 0 atom stereocenters. The highest BCUT2D eigenvalue weighted by atomic mass is 16.3. The quantitative estimate of drug-likeness (QED) is 0.905. The molecule has 1 saturated heterocycles. The van der Waals surface area contributed by atoms with Crippen molar-refractivity contribution in [3.63, 3.8) is 0 Å². The lowest BCUT2D eigenvalue weighted by Gasteiger charge is -2.31. The maximum absolute atomic E-state index is 12.3. The fourth-order valence-corrected chi connectivity index (χ4v) is 2.92. The number of nitrogens with zero attached hydrogens (tertiary/aromatic N) is 2. The van der Waals surface area contributed by atoms with Crippen LogP contribution in [0, 0.1) is 6.92 Å². The Morgan fingerprint density at radius 3 is 2.62 bits per heavy atom. The number of nitrogens with one attached hydrogen (secondary N) is 1. The molecule has 0 aliphatic carbocycles. The second kappa shape index (κ2) is 7.45. The van der Waals surface area contributed by atoms with Gasteiger partial charge in [-0.05, 0) is 55.7 Å². The van der Waals surface area contributed by atoms with Crippen LogP contribution in [0.25, 0.3) is 0 Å². The number of anilines is 1. The van der Waals surface area contributed by atoms with Gasteiger partial charge in [-0.15, -0.1) is 0 Å². The van der Waals surface area contributed by atoms with Crippen molar-refractivity contribution in [2.45, 2.75) is 32.4 Å². The summed E-state index contributed by atoms with van der Waals surface area (Å²) in [7, 11) is 0. The number of aromatic nitrogens is 1. The lowest BCUT2D eigenvalue weighted by molar-refractivity contribution is 0.0950. The summed E-state index contributed by atoms with van der Waals surface area (Å²) >= 11 is 0. The molecule has 0 saturated carbocycles. The molecule has 2 N–H and O–H groups in total. The average Bonchev–Trinajstić information content (AvgIpc) is 2.62. The summed E-state index contributed by atoms with van der Waals surface area (Å²) in [5, 5.41) is 12.5. The van der Waals surface area contributed by atoms with Gasteiger partial charge < -0.3 is 15.3 Å². The third-order valence-electron chi connectivity index (χ3n) is 4.49. The molecule has 1 aromatic heterocycles. The first-order valence-electron chi connectivity index (χ1n) is 8.35. The fraction of sp³-hybridized carbons (Fsp3) is 0.368. The van der Waals surface area contributed by atoms with Crippen LogP contribution >= 0.6 is 0 Å². The molecule has 0 radical (unpaired) electrons. The molecule has 3 rings (SSSR count). The average molecular weight is 325 g/mol. The number of amides is 1. The van der Waals surface area contributed by atoms with Crippen molar-refractivity contribution in [3.8, 4) is 0 Å². The first-order valence-corrected chi connectivity index (χ1v) is 8.35. The lowest BCUT2D eigenvalue weighted by Crippen LogP contribution is -2.35. The largest absolute Gasteiger partial charge is 0.393 e. The van der Waals surface area contributed by atoms with Gasteiger partial charge in [0, 0.05) is 30.5 Å². The Morgan fingerprint density at radius 1 is 1.25 bits per heavy atom. The number of piperidine rings is 1. The third-order valence-corrected chi connectivity index (χ3v) is 4.49. The van der Waals surface area contributed by atoms with Crippen molar-refractivity contribution in [1.82, 2.24) is 10.3 Å². The van der Waals surface area contributed by atoms with Gasteiger partial charge in [-0.1, -0.05) is 6.07 Å². The predicted molar refractivity (Wildman–Crippen MR) is 94.0 cm³/mol. The Kier molecular flexibility index (Phi) is 5.11. The molecule has 5 nitrogen and oxygen atoms in total. The van der Waals surface area contributed by atoms with E-state index in [-0.39, 0.29) is 12.0 Å². The van der Waals surface area contributed by atoms with E-state index in [1.807, 2.05) is 43.3 Å². The van der Waals surface area contributed by atoms with E-state index in [0.29, 0.717) is 12.1 Å². The molecule has 126 valence electrons. The van der Waals surface area contributed by atoms with E-state index in [2.05, 4.69) is 15.2 Å². The number of hydrogen-bond donors (Lipinski definition) is 2. The van der Waals surface area contributed by atoms with Crippen LogP contribution in [-0.4, -0.2) is 35.2 Å². The van der Waals surface area contributed by atoms with Gasteiger partial charge in [0.1, 0.15) is 0 Å². The summed E-state index contributed by atoms with van der Waals surface area (Å²) in [5.74, 6) is -0.0966. The van der Waals surface area contributed by atoms with Crippen molar-refractivity contribution in [2.75, 3.05) is 18.0 Å². The van der Waals surface area contributed by atoms with Crippen LogP contribution < -0.4 is 10.2 Å². The molecule has 24 heavy (non-hydrogen) atoms. The van der Waals surface area contributed by atoms with Crippen LogP contribution in [0.3, 0.4) is 0 Å². The number of carbonyl (C=O) groups excluding carboxylic acids is 1. The van der Waals surface area contributed by atoms with Crippen LogP contribution in [-0.2, 0) is 6.54 Å². The number of aryl methyl sites for hydroxylation is 1. The van der Waals surface area contributed by atoms with Crippen molar-refractivity contribution < 1.29 is 9.90 Å². The first-order chi connectivity index (χ1) is 11.6. The molecule has 0 bridgehead atoms. The maximum atomic E-state index is 12.3. The van der Waals surface area contributed by atoms with Crippen LogP contribution in [0.4, 0.5) is 5.69 Å². The second-order valence-electron chi connectivity index (χ2n) is 6.21. The number of carbonyl (C=O) groups is 1. The number of aliphatic hydroxyl groups excluding tert-OH is 1. The third kappa shape index (κ3) is 3.92. The van der Waals surface area contributed by atoms with Gasteiger partial charge in [-0.25, -0.2) is 0 Å². The number of rotatable bonds is 4. The zero-order valence-corrected chi connectivity index (χ0v) is 13.9. The molecule has 1 aromatic carbocycles. The zero-order valence-electron chi connectivity index (χ0n) is 13.9. The van der Waals surface area contributed by atoms with E-state index in [9.17, 15) is 9.90 Å². The molecule has 0 unspecified atom stereocenters. The maximum Gasteiger partial charge on any atom is 0.251 e. The zero-order chi connectivity index (χ0) is 16.9. The highest BCUT2D eigenvalue weighted by Gasteiger charge is 2.17. The molecule has 1 fully saturated rings. The predicted octanol–water partition coefficient (Wildman–Crippen LogP) is 2.28. The van der Waals surface area contributed by atoms with Crippen molar-refractivity contribution >= 4 is 11.6 Å². The number of aliphatic hydroxyl groups is 1. The van der Waals surface area contributed by atoms with E-state index >= 15 is 0 Å². The van der Waals surface area contributed by atoms with Crippen LogP contribution in [0.5, 0.6) is 0 Å². The van der Waals surface area contributed by atoms with Crippen molar-refractivity contribution in [3.05, 3.63) is 59.4 Å². The molecule has 2 aromatic rings. The summed E-state index contributed by atoms with van der Waals surface area (Å²) in [6.07, 6.45) is 3.15. The van der Waals surface area contributed by atoms with Gasteiger partial charge in [-0.3, -0.25) is 9.78 Å². The van der Waals surface area contributed by atoms with Crippen LogP contribution in [0.15, 0.2) is 42.6 Å². The molecular weight excluding hydrogens is 302 g/mol. The molecular formula is C19H23N3O2. The Hall–Kier alpha value is -2.40. The van der Waals surface area contributed by atoms with Gasteiger partial charge in [0.15, 0.2) is 0 Å². The van der Waals surface area contributed by atoms with E-state index in [0.717, 1.165) is 42.9 Å². The van der Waals surface area contributed by atoms with Crippen molar-refractivity contribution in [2.24, 2.45) is 0 Å². The second-order valence-corrected chi connectivity index (χ2v) is 6.21. The summed E-state index contributed by atoms with van der Waals surface area (Å²) in [6, 6.07) is 11.5. The summed E-state index contributed by atoms with van der Waals surface area (Å²) in [5.41, 5.74) is 3.69. The Morgan fingerprint density at radius 2 is 1.96 bits per heavy atom. The van der Waals surface area contributed by atoms with E-state index in [1.165, 1.54) is 0 Å². The monoisotopic (exact) mass is 325 g/mol. The van der Waals surface area contributed by atoms with Gasteiger partial charge in [0.2, 0.25) is 0 Å². The minimum Gasteiger partial charge on any atom is -0.393 e. The number of hydrogen-bond acceptors (Lipinski definition) is 4. The van der Waals surface area contributed by atoms with Crippen molar-refractivity contribution in [1.29, 1.82) is 0 Å². The highest BCUT2D eigenvalue weighted by molar-refractivity contribution is 5.94. The summed E-state index contributed by atoms with van der Waals surface area (Å²) < 4.78 is 0. The molecule has 1 aliphatic heterocycles. The van der Waals surface area contributed by atoms with Gasteiger partial charge >= 0.3 is 0 Å². The Balaban J connectivity index is 1.59. The standard InChI is InChI=1S/C19H23N3O2/c1-14-3-2-10-20-18(14)13-21-19(24)15-4-6-16(7-5-15)22-11-8-17(23)9-12-22/h2-7,10,17,23H,8-9,11-13H2,1H3,(H,21,24). The molecule has 1 aliphatic rings. The number of pyridine rings is 1. The van der Waals surface area contributed by atoms with Gasteiger partial charge in [0.25, 0.3) is 5.91 Å². The highest BCUT2D eigenvalue weighted by Crippen LogP contribution is 2.20. The normalized spacial score (nSPS) is 15.3. The topological polar surface area (TPSA) is 65.5 Å². The van der Waals surface area contributed by atoms with Gasteiger partial charge in [-0.2, -0.15) is 0 Å². The minimum absolute atomic E-state index is 0.0966. The molecule has 0 spiro atoms. The fourth-order valence-electron chi connectivity index (χ4n) is 2.92. The van der Waals surface area contributed by atoms with Crippen LogP contribution in [0.1, 0.15) is 34.5 Å². The molecule has 1 amide bonds. The smallest absolute Gasteiger partial charge is 0.251 e. The summed E-state index contributed by atoms with van der Waals surface area (Å²) in [6.45, 7) is 4.12. The van der Waals surface area contributed by atoms with Gasteiger partial charge in [0.05, 0.1) is 18.3 Å². The minimum atomic E-state index is -0.179. The molecule has 2 heterocycles. The first kappa shape index (κ1) is 16.5. The van der Waals surface area contributed by atoms with E-state index < -0.39 is 0 Å². The van der Waals surface area contributed by atoms with E-state index in [4.69, 9.17) is 0 Å². The lowest BCUT2D eigenvalue weighted by atomic mass is 10.1. The Bertz CT molecular complexity index is 692. The van der Waals surface area contributed by atoms with E-state index in [1.54, 1.807) is 6.20 Å². The molecule has 5 heteroatoms. The SMILES string of the molecule is Cc1cccnc1CNC(=O)c1ccc(N2CCC(O)CC2)cc1. The number of benzene rings is 1.